The summed E-state index contributed by atoms with van der Waals surface area (Å²) in [4.78, 5) is 12.0. The van der Waals surface area contributed by atoms with Crippen molar-refractivity contribution in [1.29, 1.82) is 0 Å². The molecule has 0 aliphatic rings. The van der Waals surface area contributed by atoms with Crippen LogP contribution in [0.5, 0.6) is 5.75 Å². The van der Waals surface area contributed by atoms with E-state index < -0.39 is 0 Å². The standard InChI is InChI=1S/C15H13NO3/c1-8-5-11-10-4-3-9(18-2)6-12(10)15(17)19-14(11)7-13(8)16/h3-7H,16H2,1-2H3. The number of nitrogens with two attached hydrogens (primary N) is 1. The third-order valence-electron chi connectivity index (χ3n) is 3.31. The lowest BCUT2D eigenvalue weighted by molar-refractivity contribution is 0.415. The van der Waals surface area contributed by atoms with Gasteiger partial charge >= 0.3 is 5.63 Å². The Kier molecular flexibility index (Phi) is 2.45. The van der Waals surface area contributed by atoms with Crippen LogP contribution in [-0.2, 0) is 0 Å². The molecule has 3 rings (SSSR count). The number of ether oxygens (including phenoxy) is 1. The third kappa shape index (κ3) is 1.73. The van der Waals surface area contributed by atoms with Crippen LogP contribution in [0.25, 0.3) is 21.7 Å². The van der Waals surface area contributed by atoms with E-state index in [1.165, 1.54) is 0 Å². The molecule has 3 aromatic rings. The minimum absolute atomic E-state index is 0.385. The second-order valence-electron chi connectivity index (χ2n) is 4.51. The lowest BCUT2D eigenvalue weighted by Gasteiger charge is -2.07. The molecule has 0 spiro atoms. The molecule has 19 heavy (non-hydrogen) atoms. The minimum Gasteiger partial charge on any atom is -0.497 e. The summed E-state index contributed by atoms with van der Waals surface area (Å²) in [7, 11) is 1.56. The van der Waals surface area contributed by atoms with E-state index in [1.54, 1.807) is 19.2 Å². The first-order valence-corrected chi connectivity index (χ1v) is 5.91. The van der Waals surface area contributed by atoms with Gasteiger partial charge in [-0.15, -0.1) is 0 Å². The molecule has 0 radical (unpaired) electrons. The molecule has 2 N–H and O–H groups in total. The summed E-state index contributed by atoms with van der Waals surface area (Å²) in [6.07, 6.45) is 0. The van der Waals surface area contributed by atoms with E-state index in [1.807, 2.05) is 25.1 Å². The van der Waals surface area contributed by atoms with Crippen LogP contribution in [0.3, 0.4) is 0 Å². The average molecular weight is 255 g/mol. The summed E-state index contributed by atoms with van der Waals surface area (Å²) in [6, 6.07) is 9.00. The first kappa shape index (κ1) is 11.6. The van der Waals surface area contributed by atoms with Crippen molar-refractivity contribution in [2.75, 3.05) is 12.8 Å². The number of methoxy groups -OCH3 is 1. The molecule has 1 aromatic heterocycles. The topological polar surface area (TPSA) is 65.5 Å². The van der Waals surface area contributed by atoms with E-state index in [9.17, 15) is 4.79 Å². The summed E-state index contributed by atoms with van der Waals surface area (Å²) in [5.74, 6) is 0.631. The van der Waals surface area contributed by atoms with Gasteiger partial charge in [-0.1, -0.05) is 0 Å². The number of fused-ring (bicyclic) bond motifs is 3. The first-order chi connectivity index (χ1) is 9.10. The molecule has 0 fully saturated rings. The van der Waals surface area contributed by atoms with E-state index >= 15 is 0 Å². The van der Waals surface area contributed by atoms with Crippen LogP contribution in [0, 0.1) is 6.92 Å². The number of hydrogen-bond acceptors (Lipinski definition) is 4. The van der Waals surface area contributed by atoms with Crippen molar-refractivity contribution in [3.05, 3.63) is 46.3 Å². The predicted octanol–water partition coefficient (Wildman–Crippen LogP) is 2.85. The zero-order valence-electron chi connectivity index (χ0n) is 10.7. The second-order valence-corrected chi connectivity index (χ2v) is 4.51. The Balaban J connectivity index is 2.52. The smallest absolute Gasteiger partial charge is 0.344 e. The molecule has 0 bridgehead atoms. The summed E-state index contributed by atoms with van der Waals surface area (Å²) in [5, 5.41) is 2.23. The fourth-order valence-electron chi connectivity index (χ4n) is 2.21. The normalized spacial score (nSPS) is 11.1. The van der Waals surface area contributed by atoms with E-state index in [0.29, 0.717) is 22.4 Å². The Hall–Kier alpha value is -2.49. The number of hydrogen-bond donors (Lipinski definition) is 1. The minimum atomic E-state index is -0.385. The highest BCUT2D eigenvalue weighted by Crippen LogP contribution is 2.28. The summed E-state index contributed by atoms with van der Waals surface area (Å²) in [6.45, 7) is 1.93. The van der Waals surface area contributed by atoms with Crippen LogP contribution >= 0.6 is 0 Å². The molecule has 0 amide bonds. The van der Waals surface area contributed by atoms with Gasteiger partial charge < -0.3 is 14.9 Å². The van der Waals surface area contributed by atoms with Gasteiger partial charge in [-0.2, -0.15) is 0 Å². The molecule has 4 nitrogen and oxygen atoms in total. The van der Waals surface area contributed by atoms with Crippen LogP contribution in [0.2, 0.25) is 0 Å². The molecule has 0 saturated carbocycles. The lowest BCUT2D eigenvalue weighted by Crippen LogP contribution is -2.01. The fourth-order valence-corrected chi connectivity index (χ4v) is 2.21. The number of aryl methyl sites for hydroxylation is 1. The zero-order chi connectivity index (χ0) is 13.6. The Morgan fingerprint density at radius 3 is 2.63 bits per heavy atom. The Morgan fingerprint density at radius 2 is 1.89 bits per heavy atom. The van der Waals surface area contributed by atoms with Crippen molar-refractivity contribution in [3.8, 4) is 5.75 Å². The van der Waals surface area contributed by atoms with Gasteiger partial charge in [0.1, 0.15) is 11.3 Å². The van der Waals surface area contributed by atoms with Gasteiger partial charge in [-0.3, -0.25) is 0 Å². The summed E-state index contributed by atoms with van der Waals surface area (Å²) in [5.41, 5.74) is 7.54. The molecular weight excluding hydrogens is 242 g/mol. The predicted molar refractivity (Wildman–Crippen MR) is 75.7 cm³/mol. The van der Waals surface area contributed by atoms with Gasteiger partial charge in [-0.25, -0.2) is 4.79 Å². The van der Waals surface area contributed by atoms with Gasteiger partial charge in [0.2, 0.25) is 0 Å². The van der Waals surface area contributed by atoms with Crippen LogP contribution in [0.15, 0.2) is 39.5 Å². The van der Waals surface area contributed by atoms with Crippen molar-refractivity contribution in [2.45, 2.75) is 6.92 Å². The first-order valence-electron chi connectivity index (χ1n) is 5.91. The van der Waals surface area contributed by atoms with Crippen LogP contribution in [-0.4, -0.2) is 7.11 Å². The molecule has 96 valence electrons. The number of benzene rings is 2. The largest absolute Gasteiger partial charge is 0.497 e. The van der Waals surface area contributed by atoms with E-state index in [4.69, 9.17) is 14.9 Å². The lowest BCUT2D eigenvalue weighted by atomic mass is 10.0. The molecule has 2 aromatic carbocycles. The van der Waals surface area contributed by atoms with Crippen molar-refractivity contribution < 1.29 is 9.15 Å². The Labute approximate surface area is 109 Å². The Morgan fingerprint density at radius 1 is 1.11 bits per heavy atom. The highest BCUT2D eigenvalue weighted by Gasteiger charge is 2.10. The monoisotopic (exact) mass is 255 g/mol. The maximum Gasteiger partial charge on any atom is 0.344 e. The molecule has 4 heteroatoms. The second kappa shape index (κ2) is 4.02. The van der Waals surface area contributed by atoms with Crippen molar-refractivity contribution in [1.82, 2.24) is 0 Å². The van der Waals surface area contributed by atoms with Crippen molar-refractivity contribution in [3.63, 3.8) is 0 Å². The SMILES string of the molecule is COc1ccc2c(c1)c(=O)oc1cc(N)c(C)cc12. The van der Waals surface area contributed by atoms with Gasteiger partial charge in [-0.05, 0) is 36.8 Å². The molecular formula is C15H13NO3. The van der Waals surface area contributed by atoms with Crippen molar-refractivity contribution >= 4 is 27.4 Å². The fraction of sp³-hybridized carbons (Fsp3) is 0.133. The van der Waals surface area contributed by atoms with Gasteiger partial charge in [0.25, 0.3) is 0 Å². The summed E-state index contributed by atoms with van der Waals surface area (Å²) >= 11 is 0. The quantitative estimate of drug-likeness (QED) is 0.412. The van der Waals surface area contributed by atoms with E-state index in [0.717, 1.165) is 16.3 Å². The van der Waals surface area contributed by atoms with Crippen LogP contribution in [0.1, 0.15) is 5.56 Å². The number of rotatable bonds is 1. The average Bonchev–Trinajstić information content (AvgIpc) is 2.41. The van der Waals surface area contributed by atoms with Crippen LogP contribution < -0.4 is 16.1 Å². The maximum atomic E-state index is 12.0. The summed E-state index contributed by atoms with van der Waals surface area (Å²) < 4.78 is 10.5. The van der Waals surface area contributed by atoms with Crippen molar-refractivity contribution in [2.24, 2.45) is 0 Å². The Bertz CT molecular complexity index is 849. The van der Waals surface area contributed by atoms with Gasteiger partial charge in [0.15, 0.2) is 0 Å². The number of nitrogen functional groups attached to an aromatic ring is 1. The molecule has 1 heterocycles. The third-order valence-corrected chi connectivity index (χ3v) is 3.31. The van der Waals surface area contributed by atoms with Crippen LogP contribution in [0.4, 0.5) is 5.69 Å². The molecule has 0 aliphatic carbocycles. The van der Waals surface area contributed by atoms with E-state index in [-0.39, 0.29) is 5.63 Å². The highest BCUT2D eigenvalue weighted by atomic mass is 16.5. The van der Waals surface area contributed by atoms with E-state index in [2.05, 4.69) is 0 Å². The molecule has 0 unspecified atom stereocenters. The van der Waals surface area contributed by atoms with Gasteiger partial charge in [0, 0.05) is 22.5 Å². The zero-order valence-corrected chi connectivity index (χ0v) is 10.7. The number of anilines is 1. The molecule has 0 atom stereocenters. The molecule has 0 saturated heterocycles. The molecule has 0 aliphatic heterocycles. The maximum absolute atomic E-state index is 12.0. The highest BCUT2D eigenvalue weighted by molar-refractivity contribution is 6.05. The van der Waals surface area contributed by atoms with Gasteiger partial charge in [0.05, 0.1) is 12.5 Å².